The minimum absolute atomic E-state index is 0.176. The number of carbonyl (C=O) groups is 1. The van der Waals surface area contributed by atoms with E-state index in [1.165, 1.54) is 18.4 Å². The van der Waals surface area contributed by atoms with Crippen LogP contribution in [-0.4, -0.2) is 36.1 Å². The highest BCUT2D eigenvalue weighted by Gasteiger charge is 2.22. The zero-order valence-electron chi connectivity index (χ0n) is 19.0. The van der Waals surface area contributed by atoms with Gasteiger partial charge in [0.2, 0.25) is 0 Å². The molecule has 1 aliphatic carbocycles. The molecule has 1 saturated carbocycles. The monoisotopic (exact) mass is 460 g/mol. The highest BCUT2D eigenvalue weighted by atomic mass is 16.5. The van der Waals surface area contributed by atoms with E-state index in [4.69, 9.17) is 35.2 Å². The lowest BCUT2D eigenvalue weighted by molar-refractivity contribution is -0.122. The molecule has 176 valence electrons. The van der Waals surface area contributed by atoms with Crippen LogP contribution in [0.25, 0.3) is 0 Å². The molecule has 7 heteroatoms. The smallest absolute Gasteiger partial charge is 0.290 e. The lowest BCUT2D eigenvalue weighted by Gasteiger charge is -2.10. The fraction of sp³-hybridized carbons (Fsp3) is 0.222. The van der Waals surface area contributed by atoms with E-state index in [0.717, 1.165) is 29.9 Å². The minimum Gasteiger partial charge on any atom is -0.489 e. The Hall–Kier alpha value is -4.15. The fourth-order valence-corrected chi connectivity index (χ4v) is 3.09. The molecule has 3 N–H and O–H groups in total. The van der Waals surface area contributed by atoms with E-state index in [-0.39, 0.29) is 13.1 Å². The van der Waals surface area contributed by atoms with Crippen LogP contribution >= 0.6 is 0 Å². The molecule has 1 fully saturated rings. The summed E-state index contributed by atoms with van der Waals surface area (Å²) in [7, 11) is 1.00. The van der Waals surface area contributed by atoms with Crippen LogP contribution in [0.1, 0.15) is 41.0 Å². The second-order valence-corrected chi connectivity index (χ2v) is 7.34. The molecule has 0 saturated heterocycles. The SMILES string of the molecule is CO.N#Cc1ccc(C(=N)COc2ccc(COc3ccc(C4CC4)cc3)cc2)cc1.O=CO. The number of carboxylic acid groups (broad SMARTS) is 1. The van der Waals surface area contributed by atoms with Crippen LogP contribution in [0.15, 0.2) is 72.8 Å². The third-order valence-corrected chi connectivity index (χ3v) is 5.00. The van der Waals surface area contributed by atoms with E-state index >= 15 is 0 Å². The molecule has 4 rings (SSSR count). The number of hydrogen-bond donors (Lipinski definition) is 3. The minimum atomic E-state index is -0.250. The Morgan fingerprint density at radius 3 is 2.03 bits per heavy atom. The van der Waals surface area contributed by atoms with Crippen molar-refractivity contribution in [3.8, 4) is 17.6 Å². The molecular formula is C27H28N2O5. The van der Waals surface area contributed by atoms with Gasteiger partial charge in [-0.2, -0.15) is 5.26 Å². The topological polar surface area (TPSA) is 124 Å². The van der Waals surface area contributed by atoms with Crippen molar-refractivity contribution < 1.29 is 24.5 Å². The van der Waals surface area contributed by atoms with Crippen molar-refractivity contribution in [1.29, 1.82) is 10.7 Å². The van der Waals surface area contributed by atoms with Crippen LogP contribution in [0, 0.1) is 16.7 Å². The Labute approximate surface area is 199 Å². The van der Waals surface area contributed by atoms with Crippen molar-refractivity contribution in [3.05, 3.63) is 95.1 Å². The maximum absolute atomic E-state index is 8.84. The van der Waals surface area contributed by atoms with Crippen LogP contribution in [0.3, 0.4) is 0 Å². The van der Waals surface area contributed by atoms with Gasteiger partial charge >= 0.3 is 0 Å². The summed E-state index contributed by atoms with van der Waals surface area (Å²) in [5, 5.41) is 30.9. The summed E-state index contributed by atoms with van der Waals surface area (Å²) in [5.41, 5.74) is 4.17. The number of nitriles is 1. The fourth-order valence-electron chi connectivity index (χ4n) is 3.09. The van der Waals surface area contributed by atoms with Crippen molar-refractivity contribution in [3.63, 3.8) is 0 Å². The summed E-state index contributed by atoms with van der Waals surface area (Å²) in [5.74, 6) is 2.35. The standard InChI is InChI=1S/C25H22N2O2.CH2O2.CH4O/c26-15-18-1-5-22(6-2-18)25(27)17-29-23-11-3-19(4-12-23)16-28-24-13-9-21(10-14-24)20-7-8-20;2-1-3;1-2/h1-6,9-14,20,27H,7-8,16-17H2;1H,(H,2,3);2H,1H3. The number of hydrogen-bond acceptors (Lipinski definition) is 6. The second kappa shape index (κ2) is 14.1. The van der Waals surface area contributed by atoms with Crippen LogP contribution in [0.2, 0.25) is 0 Å². The third kappa shape index (κ3) is 8.41. The van der Waals surface area contributed by atoms with Crippen molar-refractivity contribution in [1.82, 2.24) is 0 Å². The zero-order chi connectivity index (χ0) is 24.8. The van der Waals surface area contributed by atoms with Crippen molar-refractivity contribution in [2.45, 2.75) is 25.4 Å². The van der Waals surface area contributed by atoms with Gasteiger partial charge in [-0.1, -0.05) is 36.4 Å². The van der Waals surface area contributed by atoms with Gasteiger partial charge < -0.3 is 25.1 Å². The average Bonchev–Trinajstić information content (AvgIpc) is 3.74. The molecule has 0 spiro atoms. The number of benzene rings is 3. The van der Waals surface area contributed by atoms with Crippen molar-refractivity contribution in [2.24, 2.45) is 0 Å². The quantitative estimate of drug-likeness (QED) is 0.329. The first kappa shape index (κ1) is 26.1. The number of aliphatic hydroxyl groups is 1. The maximum atomic E-state index is 8.84. The first-order valence-corrected chi connectivity index (χ1v) is 10.7. The number of aliphatic hydroxyl groups excluding tert-OH is 1. The summed E-state index contributed by atoms with van der Waals surface area (Å²) >= 11 is 0. The highest BCUT2D eigenvalue weighted by Crippen LogP contribution is 2.40. The van der Waals surface area contributed by atoms with E-state index < -0.39 is 0 Å². The van der Waals surface area contributed by atoms with Gasteiger partial charge in [-0.3, -0.25) is 4.79 Å². The average molecular weight is 461 g/mol. The van der Waals surface area contributed by atoms with Crippen molar-refractivity contribution >= 4 is 12.2 Å². The van der Waals surface area contributed by atoms with Crippen molar-refractivity contribution in [2.75, 3.05) is 13.7 Å². The summed E-state index contributed by atoms with van der Waals surface area (Å²) < 4.78 is 11.6. The normalized spacial score (nSPS) is 11.4. The number of ether oxygens (including phenoxy) is 2. The number of rotatable bonds is 8. The van der Waals surface area contributed by atoms with Crippen LogP contribution in [0.5, 0.6) is 11.5 Å². The number of nitrogens with one attached hydrogen (secondary N) is 1. The molecule has 7 nitrogen and oxygen atoms in total. The Balaban J connectivity index is 0.000000758. The number of nitrogens with zero attached hydrogens (tertiary/aromatic N) is 1. The van der Waals surface area contributed by atoms with Gasteiger partial charge in [-0.25, -0.2) is 0 Å². The predicted octanol–water partition coefficient (Wildman–Crippen LogP) is 4.77. The summed E-state index contributed by atoms with van der Waals surface area (Å²) in [4.78, 5) is 8.36. The van der Waals surface area contributed by atoms with Gasteiger partial charge in [-0.05, 0) is 71.8 Å². The molecule has 1 aliphatic rings. The molecular weight excluding hydrogens is 432 g/mol. The zero-order valence-corrected chi connectivity index (χ0v) is 19.0. The van der Waals surface area contributed by atoms with E-state index in [0.29, 0.717) is 23.6 Å². The lowest BCUT2D eigenvalue weighted by atomic mass is 10.1. The molecule has 0 atom stereocenters. The molecule has 0 aromatic heterocycles. The molecule has 34 heavy (non-hydrogen) atoms. The molecule has 3 aromatic carbocycles. The third-order valence-electron chi connectivity index (χ3n) is 5.00. The Bertz CT molecular complexity index is 1070. The molecule has 0 heterocycles. The molecule has 3 aromatic rings. The Morgan fingerprint density at radius 1 is 0.971 bits per heavy atom. The first-order valence-electron chi connectivity index (χ1n) is 10.7. The highest BCUT2D eigenvalue weighted by molar-refractivity contribution is 5.99. The van der Waals surface area contributed by atoms with Gasteiger partial charge in [0.05, 0.1) is 17.3 Å². The van der Waals surface area contributed by atoms with Gasteiger partial charge in [0.1, 0.15) is 24.7 Å². The largest absolute Gasteiger partial charge is 0.489 e. The van der Waals surface area contributed by atoms with Gasteiger partial charge in [0.15, 0.2) is 0 Å². The summed E-state index contributed by atoms with van der Waals surface area (Å²) in [6, 6.07) is 25.1. The van der Waals surface area contributed by atoms with Crippen LogP contribution < -0.4 is 9.47 Å². The van der Waals surface area contributed by atoms with E-state index in [9.17, 15) is 0 Å². The molecule has 0 unspecified atom stereocenters. The van der Waals surface area contributed by atoms with E-state index in [1.54, 1.807) is 24.3 Å². The van der Waals surface area contributed by atoms with Gasteiger partial charge in [0, 0.05) is 7.11 Å². The molecule has 0 radical (unpaired) electrons. The molecule has 0 aliphatic heterocycles. The summed E-state index contributed by atoms with van der Waals surface area (Å²) in [6.07, 6.45) is 2.61. The van der Waals surface area contributed by atoms with E-state index in [1.807, 2.05) is 36.4 Å². The Morgan fingerprint density at radius 2 is 1.50 bits per heavy atom. The summed E-state index contributed by atoms with van der Waals surface area (Å²) in [6.45, 7) is 0.430. The lowest BCUT2D eigenvalue weighted by Crippen LogP contribution is -2.11. The molecule has 0 bridgehead atoms. The van der Waals surface area contributed by atoms with Crippen LogP contribution in [-0.2, 0) is 11.4 Å². The Kier molecular flexibility index (Phi) is 10.8. The maximum Gasteiger partial charge on any atom is 0.290 e. The van der Waals surface area contributed by atoms with E-state index in [2.05, 4.69) is 18.2 Å². The second-order valence-electron chi connectivity index (χ2n) is 7.34. The van der Waals surface area contributed by atoms with Gasteiger partial charge in [-0.15, -0.1) is 0 Å². The first-order chi connectivity index (χ1) is 16.6. The van der Waals surface area contributed by atoms with Gasteiger partial charge in [0.25, 0.3) is 6.47 Å². The molecule has 0 amide bonds. The predicted molar refractivity (Wildman–Crippen MR) is 130 cm³/mol. The van der Waals surface area contributed by atoms with Crippen LogP contribution in [0.4, 0.5) is 0 Å².